The molecule has 0 N–H and O–H groups in total. The van der Waals surface area contributed by atoms with Gasteiger partial charge in [-0.25, -0.2) is 4.98 Å². The lowest BCUT2D eigenvalue weighted by atomic mass is 10.2. The molecule has 3 rings (SSSR count). The van der Waals surface area contributed by atoms with Crippen LogP contribution in [0.15, 0.2) is 52.9 Å². The van der Waals surface area contributed by atoms with Gasteiger partial charge in [0.15, 0.2) is 0 Å². The minimum atomic E-state index is -0.116. The summed E-state index contributed by atoms with van der Waals surface area (Å²) in [6.45, 7) is 2.01. The fourth-order valence-corrected chi connectivity index (χ4v) is 2.68. The quantitative estimate of drug-likeness (QED) is 0.659. The molecular weight excluding hydrogens is 352 g/mol. The van der Waals surface area contributed by atoms with E-state index in [1.54, 1.807) is 38.4 Å². The molecule has 0 saturated heterocycles. The molecule has 26 heavy (non-hydrogen) atoms. The van der Waals surface area contributed by atoms with Gasteiger partial charge in [0.2, 0.25) is 5.89 Å². The summed E-state index contributed by atoms with van der Waals surface area (Å²) in [7, 11) is 3.41. The van der Waals surface area contributed by atoms with Gasteiger partial charge in [-0.05, 0) is 31.2 Å². The van der Waals surface area contributed by atoms with Crippen LogP contribution >= 0.6 is 11.6 Å². The van der Waals surface area contributed by atoms with Crippen molar-refractivity contribution in [2.75, 3.05) is 14.1 Å². The Bertz CT molecular complexity index is 934. The lowest BCUT2D eigenvalue weighted by Crippen LogP contribution is -2.22. The van der Waals surface area contributed by atoms with E-state index in [2.05, 4.69) is 4.98 Å². The molecule has 2 aromatic carbocycles. The highest BCUT2D eigenvalue weighted by Crippen LogP contribution is 2.29. The van der Waals surface area contributed by atoms with Gasteiger partial charge in [0, 0.05) is 14.1 Å². The first-order chi connectivity index (χ1) is 12.5. The lowest BCUT2D eigenvalue weighted by Gasteiger charge is -2.14. The first-order valence-corrected chi connectivity index (χ1v) is 8.50. The van der Waals surface area contributed by atoms with E-state index in [9.17, 15) is 4.79 Å². The topological polar surface area (TPSA) is 55.6 Å². The average Bonchev–Trinajstić information content (AvgIpc) is 3.00. The van der Waals surface area contributed by atoms with Gasteiger partial charge in [-0.1, -0.05) is 35.9 Å². The molecule has 0 radical (unpaired) electrons. The average molecular weight is 371 g/mol. The van der Waals surface area contributed by atoms with Crippen LogP contribution in [0.3, 0.4) is 0 Å². The zero-order chi connectivity index (χ0) is 18.7. The number of para-hydroxylation sites is 1. The van der Waals surface area contributed by atoms with Crippen molar-refractivity contribution in [3.05, 3.63) is 70.6 Å². The van der Waals surface area contributed by atoms with Gasteiger partial charge in [0.05, 0.1) is 16.1 Å². The Morgan fingerprint density at radius 2 is 1.85 bits per heavy atom. The van der Waals surface area contributed by atoms with Crippen molar-refractivity contribution in [2.24, 2.45) is 0 Å². The zero-order valence-corrected chi connectivity index (χ0v) is 15.6. The van der Waals surface area contributed by atoms with Gasteiger partial charge < -0.3 is 14.1 Å². The number of hydrogen-bond acceptors (Lipinski definition) is 4. The van der Waals surface area contributed by atoms with Crippen LogP contribution in [0, 0.1) is 6.92 Å². The number of ether oxygens (including phenoxy) is 1. The van der Waals surface area contributed by atoms with E-state index in [1.165, 1.54) is 4.90 Å². The van der Waals surface area contributed by atoms with Crippen LogP contribution in [0.2, 0.25) is 5.02 Å². The summed E-state index contributed by atoms with van der Waals surface area (Å²) in [6, 6.07) is 14.5. The number of halogens is 1. The van der Waals surface area contributed by atoms with E-state index >= 15 is 0 Å². The smallest absolute Gasteiger partial charge is 0.257 e. The molecule has 5 nitrogen and oxygen atoms in total. The molecule has 1 aromatic heterocycles. The standard InChI is InChI=1S/C20H19ClN2O3/c1-13-17(22-19(26-13)14-8-4-6-10-16(14)21)12-25-18-11-7-5-9-15(18)20(24)23(2)3/h4-11H,12H2,1-3H3. The van der Waals surface area contributed by atoms with Crippen LogP contribution in [0.4, 0.5) is 0 Å². The highest BCUT2D eigenvalue weighted by Gasteiger charge is 2.17. The van der Waals surface area contributed by atoms with Gasteiger partial charge in [0.1, 0.15) is 23.8 Å². The van der Waals surface area contributed by atoms with Crippen LogP contribution in [0.5, 0.6) is 5.75 Å². The summed E-state index contributed by atoms with van der Waals surface area (Å²) in [4.78, 5) is 18.3. The Morgan fingerprint density at radius 1 is 1.15 bits per heavy atom. The van der Waals surface area contributed by atoms with Crippen molar-refractivity contribution in [1.29, 1.82) is 0 Å². The van der Waals surface area contributed by atoms with Crippen molar-refractivity contribution >= 4 is 17.5 Å². The van der Waals surface area contributed by atoms with Crippen LogP contribution in [0.25, 0.3) is 11.5 Å². The number of carbonyl (C=O) groups excluding carboxylic acids is 1. The molecule has 0 atom stereocenters. The molecule has 0 aliphatic carbocycles. The second-order valence-corrected chi connectivity index (χ2v) is 6.39. The van der Waals surface area contributed by atoms with Crippen molar-refractivity contribution in [3.63, 3.8) is 0 Å². The number of benzene rings is 2. The predicted molar refractivity (Wildman–Crippen MR) is 100 cm³/mol. The van der Waals surface area contributed by atoms with Gasteiger partial charge >= 0.3 is 0 Å². The first-order valence-electron chi connectivity index (χ1n) is 8.12. The van der Waals surface area contributed by atoms with E-state index in [1.807, 2.05) is 31.2 Å². The zero-order valence-electron chi connectivity index (χ0n) is 14.8. The van der Waals surface area contributed by atoms with Crippen LogP contribution in [0.1, 0.15) is 21.8 Å². The molecule has 6 heteroatoms. The Kier molecular flexibility index (Phi) is 5.28. The monoisotopic (exact) mass is 370 g/mol. The van der Waals surface area contributed by atoms with Gasteiger partial charge in [-0.2, -0.15) is 0 Å². The highest BCUT2D eigenvalue weighted by atomic mass is 35.5. The normalized spacial score (nSPS) is 10.6. The third-order valence-electron chi connectivity index (χ3n) is 3.88. The summed E-state index contributed by atoms with van der Waals surface area (Å²) < 4.78 is 11.6. The molecule has 0 saturated carbocycles. The summed E-state index contributed by atoms with van der Waals surface area (Å²) >= 11 is 6.21. The second-order valence-electron chi connectivity index (χ2n) is 5.99. The Balaban J connectivity index is 1.82. The van der Waals surface area contributed by atoms with Gasteiger partial charge in [0.25, 0.3) is 5.91 Å². The second kappa shape index (κ2) is 7.62. The summed E-state index contributed by atoms with van der Waals surface area (Å²) in [6.07, 6.45) is 0. The maximum Gasteiger partial charge on any atom is 0.257 e. The molecule has 0 unspecified atom stereocenters. The number of oxazole rings is 1. The molecule has 134 valence electrons. The van der Waals surface area contributed by atoms with Crippen LogP contribution in [-0.4, -0.2) is 29.9 Å². The van der Waals surface area contributed by atoms with Gasteiger partial charge in [-0.3, -0.25) is 4.79 Å². The maximum absolute atomic E-state index is 12.3. The largest absolute Gasteiger partial charge is 0.486 e. The number of nitrogens with zero attached hydrogens (tertiary/aromatic N) is 2. The summed E-state index contributed by atoms with van der Waals surface area (Å²) in [5.41, 5.74) is 1.89. The minimum Gasteiger partial charge on any atom is -0.486 e. The Labute approximate surface area is 157 Å². The number of amides is 1. The summed E-state index contributed by atoms with van der Waals surface area (Å²) in [5, 5.41) is 0.572. The van der Waals surface area contributed by atoms with E-state index in [-0.39, 0.29) is 12.5 Å². The van der Waals surface area contributed by atoms with Crippen molar-refractivity contribution in [1.82, 2.24) is 9.88 Å². The lowest BCUT2D eigenvalue weighted by molar-refractivity contribution is 0.0822. The third-order valence-corrected chi connectivity index (χ3v) is 4.21. The van der Waals surface area contributed by atoms with E-state index < -0.39 is 0 Å². The van der Waals surface area contributed by atoms with Crippen LogP contribution in [-0.2, 0) is 6.61 Å². The molecule has 0 fully saturated rings. The molecule has 1 amide bonds. The molecular formula is C20H19ClN2O3. The molecule has 3 aromatic rings. The number of carbonyl (C=O) groups is 1. The Morgan fingerprint density at radius 3 is 2.58 bits per heavy atom. The molecule has 0 aliphatic rings. The number of hydrogen-bond donors (Lipinski definition) is 0. The van der Waals surface area contributed by atoms with E-state index in [0.717, 1.165) is 5.56 Å². The van der Waals surface area contributed by atoms with E-state index in [0.29, 0.717) is 33.7 Å². The van der Waals surface area contributed by atoms with Crippen molar-refractivity contribution in [3.8, 4) is 17.2 Å². The van der Waals surface area contributed by atoms with Crippen LogP contribution < -0.4 is 4.74 Å². The number of aromatic nitrogens is 1. The summed E-state index contributed by atoms with van der Waals surface area (Å²) in [5.74, 6) is 1.49. The fourth-order valence-electron chi connectivity index (χ4n) is 2.47. The maximum atomic E-state index is 12.3. The molecule has 0 spiro atoms. The van der Waals surface area contributed by atoms with Crippen molar-refractivity contribution in [2.45, 2.75) is 13.5 Å². The number of aryl methyl sites for hydroxylation is 1. The predicted octanol–water partition coefficient (Wildman–Crippen LogP) is 4.58. The van der Waals surface area contributed by atoms with Gasteiger partial charge in [-0.15, -0.1) is 0 Å². The molecule has 0 aliphatic heterocycles. The fraction of sp³-hybridized carbons (Fsp3) is 0.200. The Hall–Kier alpha value is -2.79. The minimum absolute atomic E-state index is 0.116. The van der Waals surface area contributed by atoms with E-state index in [4.69, 9.17) is 20.8 Å². The SMILES string of the molecule is Cc1oc(-c2ccccc2Cl)nc1COc1ccccc1C(=O)N(C)C. The molecule has 0 bridgehead atoms. The first kappa shape index (κ1) is 18.0. The number of rotatable bonds is 5. The molecule has 1 heterocycles. The third kappa shape index (κ3) is 3.73. The van der Waals surface area contributed by atoms with Crippen molar-refractivity contribution < 1.29 is 13.9 Å². The highest BCUT2D eigenvalue weighted by molar-refractivity contribution is 6.33.